The van der Waals surface area contributed by atoms with E-state index in [9.17, 15) is 10.4 Å². The number of benzene rings is 1. The van der Waals surface area contributed by atoms with Gasteiger partial charge in [-0.2, -0.15) is 9.46 Å². The third-order valence-electron chi connectivity index (χ3n) is 2.57. The normalized spacial score (nSPS) is 11.0. The molecule has 0 unspecified atom stereocenters. The first-order valence-electron chi connectivity index (χ1n) is 5.38. The second-order valence-electron chi connectivity index (χ2n) is 3.82. The lowest BCUT2D eigenvalue weighted by molar-refractivity contribution is -0.634. The van der Waals surface area contributed by atoms with Gasteiger partial charge in [-0.25, -0.2) is 0 Å². The van der Waals surface area contributed by atoms with Gasteiger partial charge in [0.05, 0.1) is 0 Å². The van der Waals surface area contributed by atoms with E-state index >= 15 is 0 Å². The van der Waals surface area contributed by atoms with Gasteiger partial charge in [-0.15, -0.1) is 10.2 Å². The summed E-state index contributed by atoms with van der Waals surface area (Å²) in [6.07, 6.45) is 1.14. The summed E-state index contributed by atoms with van der Waals surface area (Å²) in [5.74, 6) is -0.234. The van der Waals surface area contributed by atoms with Gasteiger partial charge >= 0.3 is 5.69 Å². The number of aromatic nitrogens is 2. The molecule has 0 amide bonds. The monoisotopic (exact) mass is 260 g/mol. The number of para-hydroxylation sites is 2. The zero-order chi connectivity index (χ0) is 14.0. The molecule has 0 saturated heterocycles. The van der Waals surface area contributed by atoms with Gasteiger partial charge in [0.15, 0.2) is 0 Å². The number of nitrogens with zero attached hydrogens (tertiary/aromatic N) is 4. The van der Waals surface area contributed by atoms with E-state index in [0.717, 1.165) is 6.21 Å². The summed E-state index contributed by atoms with van der Waals surface area (Å²) in [5.41, 5.74) is 11.1. The number of hydrogen-bond acceptors (Lipinski definition) is 4. The standard InChI is InChI=1S/C11H12N6O2/c1-7-10(6-14-15-11(12)13)17(19)9-5-3-2-4-8(9)16(7)18/h2-6H,1H3,(H4,12,13,15)/b14-6+. The minimum absolute atomic E-state index is 0.0821. The predicted octanol–water partition coefficient (Wildman–Crippen LogP) is -0.978. The number of fused-ring (bicyclic) bond motifs is 1. The third kappa shape index (κ3) is 2.23. The van der Waals surface area contributed by atoms with Crippen LogP contribution >= 0.6 is 0 Å². The first-order valence-corrected chi connectivity index (χ1v) is 5.38. The lowest BCUT2D eigenvalue weighted by Gasteiger charge is -2.08. The van der Waals surface area contributed by atoms with Crippen LogP contribution in [-0.4, -0.2) is 12.2 Å². The molecule has 0 aliphatic rings. The van der Waals surface area contributed by atoms with Crippen molar-refractivity contribution in [1.29, 1.82) is 0 Å². The maximum atomic E-state index is 12.1. The van der Waals surface area contributed by atoms with E-state index < -0.39 is 0 Å². The van der Waals surface area contributed by atoms with Crippen LogP contribution in [0.1, 0.15) is 11.4 Å². The average Bonchev–Trinajstić information content (AvgIpc) is 2.40. The van der Waals surface area contributed by atoms with Gasteiger partial charge in [0.1, 0.15) is 6.21 Å². The fourth-order valence-electron chi connectivity index (χ4n) is 1.67. The van der Waals surface area contributed by atoms with Gasteiger partial charge in [-0.05, 0) is 0 Å². The SMILES string of the molecule is Cc1c(/C=N/N=C(N)N)[n+]([O-])c2ccccc2[n+]1[O-]. The van der Waals surface area contributed by atoms with Crippen LogP contribution in [0.2, 0.25) is 0 Å². The highest BCUT2D eigenvalue weighted by Crippen LogP contribution is 2.07. The molecule has 0 aliphatic heterocycles. The second-order valence-corrected chi connectivity index (χ2v) is 3.82. The van der Waals surface area contributed by atoms with Crippen LogP contribution in [0.25, 0.3) is 11.0 Å². The molecular formula is C11H12N6O2. The number of rotatable bonds is 2. The molecule has 0 bridgehead atoms. The summed E-state index contributed by atoms with van der Waals surface area (Å²) in [5, 5.41) is 31.1. The van der Waals surface area contributed by atoms with Crippen molar-refractivity contribution < 1.29 is 9.46 Å². The van der Waals surface area contributed by atoms with Crippen LogP contribution in [0, 0.1) is 17.3 Å². The van der Waals surface area contributed by atoms with Crippen molar-refractivity contribution >= 4 is 23.2 Å². The van der Waals surface area contributed by atoms with Gasteiger partial charge in [0, 0.05) is 19.1 Å². The maximum Gasteiger partial charge on any atom is 0.305 e. The topological polar surface area (TPSA) is 131 Å². The van der Waals surface area contributed by atoms with Crippen LogP contribution in [0.3, 0.4) is 0 Å². The Kier molecular flexibility index (Phi) is 3.15. The molecule has 8 heteroatoms. The lowest BCUT2D eigenvalue weighted by atomic mass is 10.2. The fourth-order valence-corrected chi connectivity index (χ4v) is 1.67. The first-order chi connectivity index (χ1) is 9.02. The Labute approximate surface area is 108 Å². The Hall–Kier alpha value is -2.90. The fraction of sp³-hybridized carbons (Fsp3) is 0.0909. The van der Waals surface area contributed by atoms with E-state index in [-0.39, 0.29) is 28.4 Å². The number of hydrogen-bond donors (Lipinski definition) is 2. The molecule has 0 fully saturated rings. The van der Waals surface area contributed by atoms with Crippen molar-refractivity contribution in [2.45, 2.75) is 6.92 Å². The first kappa shape index (κ1) is 12.6. The Balaban J connectivity index is 2.68. The minimum Gasteiger partial charge on any atom is -0.618 e. The Morgan fingerprint density at radius 3 is 2.32 bits per heavy atom. The summed E-state index contributed by atoms with van der Waals surface area (Å²) >= 11 is 0. The van der Waals surface area contributed by atoms with Crippen LogP contribution in [0.15, 0.2) is 34.5 Å². The van der Waals surface area contributed by atoms with Gasteiger partial charge < -0.3 is 21.9 Å². The van der Waals surface area contributed by atoms with Crippen LogP contribution in [0.4, 0.5) is 0 Å². The Morgan fingerprint density at radius 2 is 1.74 bits per heavy atom. The van der Waals surface area contributed by atoms with Crippen molar-refractivity contribution in [3.8, 4) is 0 Å². The van der Waals surface area contributed by atoms with Gasteiger partial charge in [0.25, 0.3) is 16.7 Å². The molecule has 1 aromatic carbocycles. The highest BCUT2D eigenvalue weighted by molar-refractivity contribution is 5.80. The van der Waals surface area contributed by atoms with E-state index in [1.165, 1.54) is 6.92 Å². The smallest absolute Gasteiger partial charge is 0.305 e. The van der Waals surface area contributed by atoms with E-state index in [4.69, 9.17) is 11.5 Å². The molecule has 0 atom stereocenters. The number of nitrogens with two attached hydrogens (primary N) is 2. The quantitative estimate of drug-likeness (QED) is 0.236. The van der Waals surface area contributed by atoms with Gasteiger partial charge in [-0.3, -0.25) is 0 Å². The van der Waals surface area contributed by atoms with E-state index in [1.807, 2.05) is 0 Å². The summed E-state index contributed by atoms with van der Waals surface area (Å²) < 4.78 is 1.28. The minimum atomic E-state index is -0.234. The zero-order valence-corrected chi connectivity index (χ0v) is 10.1. The molecule has 2 aromatic rings. The van der Waals surface area contributed by atoms with Gasteiger partial charge in [-0.1, -0.05) is 12.1 Å². The number of guanidine groups is 1. The largest absolute Gasteiger partial charge is 0.618 e. The molecule has 19 heavy (non-hydrogen) atoms. The molecule has 0 spiro atoms. The summed E-state index contributed by atoms with van der Waals surface area (Å²) in [7, 11) is 0. The van der Waals surface area contributed by atoms with Crippen molar-refractivity contribution in [2.24, 2.45) is 21.7 Å². The third-order valence-corrected chi connectivity index (χ3v) is 2.57. The molecule has 1 heterocycles. The lowest BCUT2D eigenvalue weighted by Crippen LogP contribution is -2.44. The molecule has 1 aromatic heterocycles. The highest BCUT2D eigenvalue weighted by atomic mass is 16.5. The summed E-state index contributed by atoms with van der Waals surface area (Å²) in [6.45, 7) is 1.52. The van der Waals surface area contributed by atoms with E-state index in [0.29, 0.717) is 9.46 Å². The molecule has 0 aliphatic carbocycles. The van der Waals surface area contributed by atoms with Crippen LogP contribution < -0.4 is 20.9 Å². The Morgan fingerprint density at radius 1 is 1.16 bits per heavy atom. The summed E-state index contributed by atoms with van der Waals surface area (Å²) in [4.78, 5) is 0. The average molecular weight is 260 g/mol. The summed E-state index contributed by atoms with van der Waals surface area (Å²) in [6, 6.07) is 6.47. The Bertz CT molecular complexity index is 691. The molecule has 2 rings (SSSR count). The highest BCUT2D eigenvalue weighted by Gasteiger charge is 2.22. The predicted molar refractivity (Wildman–Crippen MR) is 70.0 cm³/mol. The van der Waals surface area contributed by atoms with E-state index in [2.05, 4.69) is 10.2 Å². The zero-order valence-electron chi connectivity index (χ0n) is 10.1. The van der Waals surface area contributed by atoms with Crippen molar-refractivity contribution in [2.75, 3.05) is 0 Å². The van der Waals surface area contributed by atoms with Crippen molar-refractivity contribution in [3.63, 3.8) is 0 Å². The van der Waals surface area contributed by atoms with Crippen molar-refractivity contribution in [1.82, 2.24) is 0 Å². The molecule has 0 saturated carbocycles. The molecule has 0 radical (unpaired) electrons. The maximum absolute atomic E-state index is 12.1. The van der Waals surface area contributed by atoms with Crippen LogP contribution in [-0.2, 0) is 0 Å². The second kappa shape index (κ2) is 4.77. The van der Waals surface area contributed by atoms with Crippen molar-refractivity contribution in [3.05, 3.63) is 46.1 Å². The van der Waals surface area contributed by atoms with Gasteiger partial charge in [0.2, 0.25) is 5.96 Å². The molecule has 4 N–H and O–H groups in total. The van der Waals surface area contributed by atoms with Crippen LogP contribution in [0.5, 0.6) is 0 Å². The molecule has 8 nitrogen and oxygen atoms in total. The molecule has 98 valence electrons. The molecular weight excluding hydrogens is 248 g/mol. The van der Waals surface area contributed by atoms with E-state index in [1.54, 1.807) is 24.3 Å².